The van der Waals surface area contributed by atoms with Gasteiger partial charge in [-0.05, 0) is 40.7 Å². The van der Waals surface area contributed by atoms with E-state index in [4.69, 9.17) is 9.15 Å². The van der Waals surface area contributed by atoms with Crippen LogP contribution in [0, 0.1) is 27.7 Å². The van der Waals surface area contributed by atoms with E-state index in [2.05, 4.69) is 15.3 Å². The minimum absolute atomic E-state index is 0.233. The van der Waals surface area contributed by atoms with Crippen molar-refractivity contribution in [1.82, 2.24) is 9.97 Å². The van der Waals surface area contributed by atoms with Gasteiger partial charge in [0.25, 0.3) is 5.91 Å². The Labute approximate surface area is 123 Å². The summed E-state index contributed by atoms with van der Waals surface area (Å²) in [6.45, 7) is 9.54. The number of carbonyl (C=O) groups is 1. The first kappa shape index (κ1) is 15.0. The van der Waals surface area contributed by atoms with Gasteiger partial charge < -0.3 is 14.5 Å². The maximum atomic E-state index is 12.3. The molecule has 0 spiro atoms. The summed E-state index contributed by atoms with van der Waals surface area (Å²) < 4.78 is 10.7. The summed E-state index contributed by atoms with van der Waals surface area (Å²) in [6, 6.07) is 2.03. The molecule has 112 valence electrons. The molecule has 0 aromatic carbocycles. The van der Waals surface area contributed by atoms with E-state index in [0.717, 1.165) is 0 Å². The number of aromatic nitrogens is 2. The molecule has 0 fully saturated rings. The van der Waals surface area contributed by atoms with Crippen molar-refractivity contribution in [2.75, 3.05) is 11.9 Å². The Morgan fingerprint density at radius 3 is 2.33 bits per heavy atom. The van der Waals surface area contributed by atoms with Crippen molar-refractivity contribution in [3.8, 4) is 6.01 Å². The van der Waals surface area contributed by atoms with Crippen LogP contribution < -0.4 is 10.1 Å². The van der Waals surface area contributed by atoms with Gasteiger partial charge in [0.05, 0.1) is 29.2 Å². The second-order valence-electron chi connectivity index (χ2n) is 4.77. The summed E-state index contributed by atoms with van der Waals surface area (Å²) in [5, 5.41) is 2.84. The van der Waals surface area contributed by atoms with Crippen LogP contribution in [0.15, 0.2) is 10.5 Å². The molecule has 1 N–H and O–H groups in total. The minimum atomic E-state index is -0.233. The van der Waals surface area contributed by atoms with E-state index in [1.54, 1.807) is 33.8 Å². The first-order valence-corrected chi connectivity index (χ1v) is 6.78. The number of ether oxygens (including phenoxy) is 1. The smallest absolute Gasteiger partial charge is 0.316 e. The Balaban J connectivity index is 2.27. The molecule has 0 atom stereocenters. The lowest BCUT2D eigenvalue weighted by molar-refractivity contribution is 0.102. The Hall–Kier alpha value is -2.37. The van der Waals surface area contributed by atoms with E-state index < -0.39 is 0 Å². The van der Waals surface area contributed by atoms with Crippen molar-refractivity contribution in [1.29, 1.82) is 0 Å². The number of furan rings is 1. The third-order valence-corrected chi connectivity index (χ3v) is 3.05. The molecule has 0 saturated heterocycles. The molecular formula is C15H19N3O3. The molecule has 1 amide bonds. The van der Waals surface area contributed by atoms with Crippen LogP contribution in [0.3, 0.4) is 0 Å². The fraction of sp³-hybridized carbons (Fsp3) is 0.400. The second kappa shape index (κ2) is 5.95. The molecule has 0 bridgehead atoms. The highest BCUT2D eigenvalue weighted by Crippen LogP contribution is 2.22. The van der Waals surface area contributed by atoms with Gasteiger partial charge in [0.1, 0.15) is 11.5 Å². The summed E-state index contributed by atoms with van der Waals surface area (Å²) in [4.78, 5) is 20.8. The van der Waals surface area contributed by atoms with Crippen molar-refractivity contribution in [2.24, 2.45) is 0 Å². The number of carbonyl (C=O) groups excluding carboxylic acids is 1. The van der Waals surface area contributed by atoms with Gasteiger partial charge in [-0.15, -0.1) is 0 Å². The van der Waals surface area contributed by atoms with Crippen molar-refractivity contribution in [3.05, 3.63) is 34.5 Å². The molecule has 2 rings (SSSR count). The monoisotopic (exact) mass is 289 g/mol. The lowest BCUT2D eigenvalue weighted by Crippen LogP contribution is -2.15. The van der Waals surface area contributed by atoms with Gasteiger partial charge in [-0.3, -0.25) is 4.79 Å². The zero-order valence-electron chi connectivity index (χ0n) is 12.9. The number of anilines is 1. The minimum Gasteiger partial charge on any atom is -0.466 e. The van der Waals surface area contributed by atoms with Gasteiger partial charge in [-0.25, -0.2) is 0 Å². The maximum Gasteiger partial charge on any atom is 0.316 e. The van der Waals surface area contributed by atoms with E-state index in [0.29, 0.717) is 46.8 Å². The van der Waals surface area contributed by atoms with E-state index in [1.165, 1.54) is 0 Å². The molecule has 0 aliphatic carbocycles. The average molecular weight is 289 g/mol. The van der Waals surface area contributed by atoms with Gasteiger partial charge >= 0.3 is 6.01 Å². The van der Waals surface area contributed by atoms with Crippen molar-refractivity contribution >= 4 is 11.6 Å². The first-order chi connectivity index (χ1) is 9.92. The van der Waals surface area contributed by atoms with Crippen LogP contribution >= 0.6 is 0 Å². The highest BCUT2D eigenvalue weighted by atomic mass is 16.5. The molecule has 6 heteroatoms. The van der Waals surface area contributed by atoms with Crippen LogP contribution in [0.5, 0.6) is 6.01 Å². The summed E-state index contributed by atoms with van der Waals surface area (Å²) in [7, 11) is 0. The average Bonchev–Trinajstić information content (AvgIpc) is 2.73. The number of rotatable bonds is 4. The molecule has 21 heavy (non-hydrogen) atoms. The Morgan fingerprint density at radius 2 is 1.86 bits per heavy atom. The van der Waals surface area contributed by atoms with Crippen molar-refractivity contribution < 1.29 is 13.9 Å². The molecule has 0 radical (unpaired) electrons. The Bertz CT molecular complexity index is 654. The predicted molar refractivity (Wildman–Crippen MR) is 78.8 cm³/mol. The zero-order valence-corrected chi connectivity index (χ0v) is 12.9. The number of nitrogens with zero attached hydrogens (tertiary/aromatic N) is 2. The van der Waals surface area contributed by atoms with E-state index in [9.17, 15) is 4.79 Å². The molecular weight excluding hydrogens is 270 g/mol. The molecule has 6 nitrogen and oxygen atoms in total. The molecule has 0 aliphatic rings. The van der Waals surface area contributed by atoms with Gasteiger partial charge in [0.2, 0.25) is 0 Å². The predicted octanol–water partition coefficient (Wildman–Crippen LogP) is 2.95. The zero-order chi connectivity index (χ0) is 15.6. The number of hydrogen-bond donors (Lipinski definition) is 1. The lowest BCUT2D eigenvalue weighted by atomic mass is 10.2. The summed E-state index contributed by atoms with van der Waals surface area (Å²) in [6.07, 6.45) is 0. The van der Waals surface area contributed by atoms with Crippen LogP contribution in [0.25, 0.3) is 0 Å². The van der Waals surface area contributed by atoms with Crippen molar-refractivity contribution in [2.45, 2.75) is 34.6 Å². The fourth-order valence-electron chi connectivity index (χ4n) is 2.10. The third kappa shape index (κ3) is 3.21. The van der Waals surface area contributed by atoms with Crippen LogP contribution in [0.1, 0.15) is 40.2 Å². The Kier molecular flexibility index (Phi) is 4.26. The number of aryl methyl sites for hydroxylation is 4. The fourth-order valence-corrected chi connectivity index (χ4v) is 2.10. The second-order valence-corrected chi connectivity index (χ2v) is 4.77. The molecule has 0 saturated carbocycles. The number of hydrogen-bond acceptors (Lipinski definition) is 5. The van der Waals surface area contributed by atoms with Crippen molar-refractivity contribution in [3.63, 3.8) is 0 Å². The molecule has 0 aliphatic heterocycles. The van der Waals surface area contributed by atoms with Gasteiger partial charge in [-0.1, -0.05) is 0 Å². The maximum absolute atomic E-state index is 12.3. The van der Waals surface area contributed by atoms with Crippen LogP contribution in [-0.4, -0.2) is 22.5 Å². The largest absolute Gasteiger partial charge is 0.466 e. The van der Waals surface area contributed by atoms with Gasteiger partial charge in [0, 0.05) is 0 Å². The summed E-state index contributed by atoms with van der Waals surface area (Å²) in [5.41, 5.74) is 2.44. The number of amides is 1. The SMILES string of the molecule is CCOc1nc(C)c(NC(=O)c2cc(C)oc2C)c(C)n1. The molecule has 2 aromatic rings. The van der Waals surface area contributed by atoms with E-state index >= 15 is 0 Å². The lowest BCUT2D eigenvalue weighted by Gasteiger charge is -2.11. The van der Waals surface area contributed by atoms with Crippen LogP contribution in [-0.2, 0) is 0 Å². The quantitative estimate of drug-likeness (QED) is 0.936. The van der Waals surface area contributed by atoms with Crippen LogP contribution in [0.4, 0.5) is 5.69 Å². The molecule has 2 heterocycles. The molecule has 0 unspecified atom stereocenters. The third-order valence-electron chi connectivity index (χ3n) is 3.05. The van der Waals surface area contributed by atoms with E-state index in [-0.39, 0.29) is 5.91 Å². The Morgan fingerprint density at radius 1 is 1.24 bits per heavy atom. The highest BCUT2D eigenvalue weighted by Gasteiger charge is 2.17. The normalized spacial score (nSPS) is 10.5. The topological polar surface area (TPSA) is 77.2 Å². The first-order valence-electron chi connectivity index (χ1n) is 6.78. The standard InChI is InChI=1S/C15H19N3O3/c1-6-20-15-16-9(3)13(10(4)17-15)18-14(19)12-7-8(2)21-11(12)5/h7H,6H2,1-5H3,(H,18,19). The van der Waals surface area contributed by atoms with E-state index in [1.807, 2.05) is 6.92 Å². The highest BCUT2D eigenvalue weighted by molar-refractivity contribution is 6.05. The van der Waals surface area contributed by atoms with Crippen LogP contribution in [0.2, 0.25) is 0 Å². The van der Waals surface area contributed by atoms with Gasteiger partial charge in [-0.2, -0.15) is 9.97 Å². The summed E-state index contributed by atoms with van der Waals surface area (Å²) in [5.74, 6) is 1.06. The van der Waals surface area contributed by atoms with Gasteiger partial charge in [0.15, 0.2) is 0 Å². The molecule has 2 aromatic heterocycles. The number of nitrogens with one attached hydrogen (secondary N) is 1. The summed E-state index contributed by atoms with van der Waals surface area (Å²) >= 11 is 0.